The van der Waals surface area contributed by atoms with Gasteiger partial charge in [-0.2, -0.15) is 11.8 Å². The molecule has 0 spiro atoms. The van der Waals surface area contributed by atoms with Crippen molar-refractivity contribution in [1.82, 2.24) is 4.98 Å². The summed E-state index contributed by atoms with van der Waals surface area (Å²) in [4.78, 5) is 6.68. The first kappa shape index (κ1) is 10.3. The van der Waals surface area contributed by atoms with Gasteiger partial charge < -0.3 is 4.90 Å². The summed E-state index contributed by atoms with van der Waals surface area (Å²) in [7, 11) is 2.13. The van der Waals surface area contributed by atoms with E-state index in [0.717, 1.165) is 10.3 Å². The van der Waals surface area contributed by atoms with Gasteiger partial charge in [-0.05, 0) is 40.2 Å². The Bertz CT molecular complexity index is 295. The lowest BCUT2D eigenvalue weighted by atomic mass is 10.2. The van der Waals surface area contributed by atoms with E-state index in [-0.39, 0.29) is 0 Å². The topological polar surface area (TPSA) is 16.1 Å². The van der Waals surface area contributed by atoms with Crippen LogP contribution in [0, 0.1) is 0 Å². The number of pyridine rings is 1. The SMILES string of the molecule is CN(c1ccc(Br)cn1)C1CCSC1. The lowest BCUT2D eigenvalue weighted by Gasteiger charge is -2.24. The average Bonchev–Trinajstić information content (AvgIpc) is 2.71. The molecule has 0 amide bonds. The number of rotatable bonds is 2. The van der Waals surface area contributed by atoms with Crippen molar-refractivity contribution in [3.63, 3.8) is 0 Å². The van der Waals surface area contributed by atoms with E-state index in [9.17, 15) is 0 Å². The minimum atomic E-state index is 0.661. The van der Waals surface area contributed by atoms with Crippen molar-refractivity contribution in [2.24, 2.45) is 0 Å². The highest BCUT2D eigenvalue weighted by atomic mass is 79.9. The van der Waals surface area contributed by atoms with Crippen molar-refractivity contribution in [3.05, 3.63) is 22.8 Å². The number of hydrogen-bond donors (Lipinski definition) is 0. The number of thioether (sulfide) groups is 1. The molecule has 0 bridgehead atoms. The van der Waals surface area contributed by atoms with E-state index in [4.69, 9.17) is 0 Å². The van der Waals surface area contributed by atoms with E-state index < -0.39 is 0 Å². The second-order valence-electron chi connectivity index (χ2n) is 3.46. The molecule has 14 heavy (non-hydrogen) atoms. The molecule has 2 rings (SSSR count). The largest absolute Gasteiger partial charge is 0.356 e. The van der Waals surface area contributed by atoms with Gasteiger partial charge in [0.05, 0.1) is 0 Å². The predicted octanol–water partition coefficient (Wildman–Crippen LogP) is 2.79. The third-order valence-corrected chi connectivity index (χ3v) is 4.14. The predicted molar refractivity (Wildman–Crippen MR) is 66.1 cm³/mol. The third kappa shape index (κ3) is 2.23. The Hall–Kier alpha value is -0.220. The highest BCUT2D eigenvalue weighted by Crippen LogP contribution is 2.25. The quantitative estimate of drug-likeness (QED) is 0.824. The molecule has 0 N–H and O–H groups in total. The van der Waals surface area contributed by atoms with Gasteiger partial charge in [0.25, 0.3) is 0 Å². The first-order chi connectivity index (χ1) is 6.77. The molecule has 1 atom stereocenters. The molecule has 1 aliphatic rings. The molecule has 0 saturated carbocycles. The van der Waals surface area contributed by atoms with Crippen LogP contribution in [0.3, 0.4) is 0 Å². The number of nitrogens with zero attached hydrogens (tertiary/aromatic N) is 2. The van der Waals surface area contributed by atoms with Gasteiger partial charge in [0.1, 0.15) is 5.82 Å². The summed E-state index contributed by atoms with van der Waals surface area (Å²) in [5.74, 6) is 3.58. The van der Waals surface area contributed by atoms with Gasteiger partial charge in [-0.15, -0.1) is 0 Å². The molecular formula is C10H13BrN2S. The molecule has 76 valence electrons. The molecule has 2 heterocycles. The van der Waals surface area contributed by atoms with Crippen LogP contribution in [-0.2, 0) is 0 Å². The average molecular weight is 273 g/mol. The van der Waals surface area contributed by atoms with Crippen LogP contribution in [0.4, 0.5) is 5.82 Å². The number of hydrogen-bond acceptors (Lipinski definition) is 3. The van der Waals surface area contributed by atoms with E-state index in [2.05, 4.69) is 38.9 Å². The second-order valence-corrected chi connectivity index (χ2v) is 5.53. The highest BCUT2D eigenvalue weighted by Gasteiger charge is 2.20. The van der Waals surface area contributed by atoms with Crippen molar-refractivity contribution < 1.29 is 0 Å². The Morgan fingerprint density at radius 3 is 3.00 bits per heavy atom. The van der Waals surface area contributed by atoms with Crippen LogP contribution in [0.1, 0.15) is 6.42 Å². The monoisotopic (exact) mass is 272 g/mol. The molecule has 1 saturated heterocycles. The van der Waals surface area contributed by atoms with Crippen LogP contribution >= 0.6 is 27.7 Å². The normalized spacial score (nSPS) is 21.1. The van der Waals surface area contributed by atoms with Crippen molar-refractivity contribution in [2.75, 3.05) is 23.5 Å². The highest BCUT2D eigenvalue weighted by molar-refractivity contribution is 9.10. The molecule has 1 aromatic rings. The van der Waals surface area contributed by atoms with Crippen molar-refractivity contribution in [3.8, 4) is 0 Å². The Labute approximate surface area is 97.2 Å². The van der Waals surface area contributed by atoms with Gasteiger partial charge in [0, 0.05) is 29.5 Å². The maximum Gasteiger partial charge on any atom is 0.128 e. The lowest BCUT2D eigenvalue weighted by Crippen LogP contribution is -2.31. The van der Waals surface area contributed by atoms with Crippen molar-refractivity contribution in [2.45, 2.75) is 12.5 Å². The molecule has 0 aromatic carbocycles. The summed E-state index contributed by atoms with van der Waals surface area (Å²) in [6.45, 7) is 0. The van der Waals surface area contributed by atoms with E-state index >= 15 is 0 Å². The maximum absolute atomic E-state index is 4.39. The molecule has 1 aliphatic heterocycles. The molecule has 4 heteroatoms. The molecule has 1 fully saturated rings. The molecular weight excluding hydrogens is 260 g/mol. The van der Waals surface area contributed by atoms with Crippen LogP contribution in [0.5, 0.6) is 0 Å². The van der Waals surface area contributed by atoms with Crippen LogP contribution in [-0.4, -0.2) is 29.6 Å². The van der Waals surface area contributed by atoms with Gasteiger partial charge in [-0.25, -0.2) is 4.98 Å². The summed E-state index contributed by atoms with van der Waals surface area (Å²) in [6, 6.07) is 4.77. The van der Waals surface area contributed by atoms with E-state index in [1.165, 1.54) is 17.9 Å². The summed E-state index contributed by atoms with van der Waals surface area (Å²) in [5.41, 5.74) is 0. The molecule has 2 nitrogen and oxygen atoms in total. The van der Waals surface area contributed by atoms with Crippen LogP contribution < -0.4 is 4.90 Å². The first-order valence-electron chi connectivity index (χ1n) is 4.69. The Morgan fingerprint density at radius 1 is 1.57 bits per heavy atom. The molecule has 1 aromatic heterocycles. The Kier molecular flexibility index (Phi) is 3.34. The third-order valence-electron chi connectivity index (χ3n) is 2.53. The van der Waals surface area contributed by atoms with Crippen LogP contribution in [0.25, 0.3) is 0 Å². The minimum absolute atomic E-state index is 0.661. The molecule has 0 radical (unpaired) electrons. The summed E-state index contributed by atoms with van der Waals surface area (Å²) >= 11 is 5.42. The Morgan fingerprint density at radius 2 is 2.43 bits per heavy atom. The fourth-order valence-corrected chi connectivity index (χ4v) is 3.09. The first-order valence-corrected chi connectivity index (χ1v) is 6.64. The van der Waals surface area contributed by atoms with E-state index in [1.807, 2.05) is 24.0 Å². The zero-order valence-corrected chi connectivity index (χ0v) is 10.5. The smallest absolute Gasteiger partial charge is 0.128 e. The summed E-state index contributed by atoms with van der Waals surface area (Å²) < 4.78 is 1.04. The standard InChI is InChI=1S/C10H13BrN2S/c1-13(9-4-5-14-7-9)10-3-2-8(11)6-12-10/h2-3,6,9H,4-5,7H2,1H3. The number of anilines is 1. The number of halogens is 1. The lowest BCUT2D eigenvalue weighted by molar-refractivity contribution is 0.691. The van der Waals surface area contributed by atoms with Crippen LogP contribution in [0.2, 0.25) is 0 Å². The zero-order chi connectivity index (χ0) is 9.97. The Balaban J connectivity index is 2.09. The molecule has 0 aliphatic carbocycles. The van der Waals surface area contributed by atoms with Crippen molar-refractivity contribution in [1.29, 1.82) is 0 Å². The maximum atomic E-state index is 4.39. The number of aromatic nitrogens is 1. The fraction of sp³-hybridized carbons (Fsp3) is 0.500. The van der Waals surface area contributed by atoms with E-state index in [0.29, 0.717) is 6.04 Å². The van der Waals surface area contributed by atoms with Crippen molar-refractivity contribution >= 4 is 33.5 Å². The molecule has 1 unspecified atom stereocenters. The van der Waals surface area contributed by atoms with Gasteiger partial charge in [-0.3, -0.25) is 0 Å². The van der Waals surface area contributed by atoms with Gasteiger partial charge in [-0.1, -0.05) is 0 Å². The van der Waals surface area contributed by atoms with Gasteiger partial charge in [0.2, 0.25) is 0 Å². The summed E-state index contributed by atoms with van der Waals surface area (Å²) in [5, 5.41) is 0. The minimum Gasteiger partial charge on any atom is -0.356 e. The second kappa shape index (κ2) is 4.53. The van der Waals surface area contributed by atoms with E-state index in [1.54, 1.807) is 0 Å². The fourth-order valence-electron chi connectivity index (χ4n) is 1.59. The zero-order valence-electron chi connectivity index (χ0n) is 8.11. The van der Waals surface area contributed by atoms with Crippen LogP contribution in [0.15, 0.2) is 22.8 Å². The summed E-state index contributed by atoms with van der Waals surface area (Å²) in [6.07, 6.45) is 3.13. The van der Waals surface area contributed by atoms with Gasteiger partial charge >= 0.3 is 0 Å². The van der Waals surface area contributed by atoms with Gasteiger partial charge in [0.15, 0.2) is 0 Å².